The van der Waals surface area contributed by atoms with E-state index in [2.05, 4.69) is 10.2 Å². The summed E-state index contributed by atoms with van der Waals surface area (Å²) >= 11 is 1.06. The van der Waals surface area contributed by atoms with Crippen molar-refractivity contribution in [3.05, 3.63) is 75.8 Å². The number of nitrogens with zero attached hydrogens (tertiary/aromatic N) is 3. The molecular formula is C21H15F2N3O4S. The van der Waals surface area contributed by atoms with Gasteiger partial charge in [-0.3, -0.25) is 14.5 Å². The number of aryl methyl sites for hydroxylation is 1. The summed E-state index contributed by atoms with van der Waals surface area (Å²) in [6, 6.07) is 7.48. The van der Waals surface area contributed by atoms with Gasteiger partial charge in [0.15, 0.2) is 0 Å². The summed E-state index contributed by atoms with van der Waals surface area (Å²) in [7, 11) is 1.32. The molecule has 1 amide bonds. The molecule has 1 aromatic heterocycles. The number of amides is 1. The van der Waals surface area contributed by atoms with Crippen LogP contribution in [0, 0.1) is 18.6 Å². The van der Waals surface area contributed by atoms with Gasteiger partial charge in [0.25, 0.3) is 5.78 Å². The highest BCUT2D eigenvalue weighted by atomic mass is 32.1. The fourth-order valence-electron chi connectivity index (χ4n) is 3.42. The molecule has 0 aliphatic carbocycles. The van der Waals surface area contributed by atoms with Crippen LogP contribution in [0.1, 0.15) is 22.2 Å². The normalized spacial score (nSPS) is 17.9. The van der Waals surface area contributed by atoms with E-state index >= 15 is 0 Å². The van der Waals surface area contributed by atoms with Gasteiger partial charge in [-0.1, -0.05) is 23.5 Å². The molecule has 0 unspecified atom stereocenters. The van der Waals surface area contributed by atoms with Gasteiger partial charge < -0.3 is 9.84 Å². The average molecular weight is 443 g/mol. The lowest BCUT2D eigenvalue weighted by molar-refractivity contribution is -0.132. The first-order valence-electron chi connectivity index (χ1n) is 9.02. The summed E-state index contributed by atoms with van der Waals surface area (Å²) in [6.45, 7) is 1.67. The monoisotopic (exact) mass is 443 g/mol. The fourth-order valence-corrected chi connectivity index (χ4v) is 4.13. The van der Waals surface area contributed by atoms with E-state index in [-0.39, 0.29) is 27.6 Å². The molecule has 158 valence electrons. The van der Waals surface area contributed by atoms with Crippen LogP contribution in [0.4, 0.5) is 13.9 Å². The van der Waals surface area contributed by atoms with Crippen LogP contribution < -0.4 is 9.64 Å². The van der Waals surface area contributed by atoms with Gasteiger partial charge in [0, 0.05) is 0 Å². The molecule has 1 aliphatic rings. The molecular weight excluding hydrogens is 428 g/mol. The topological polar surface area (TPSA) is 92.6 Å². The van der Waals surface area contributed by atoms with Crippen molar-refractivity contribution in [2.75, 3.05) is 12.0 Å². The van der Waals surface area contributed by atoms with Gasteiger partial charge >= 0.3 is 5.91 Å². The first-order chi connectivity index (χ1) is 14.8. The second-order valence-electron chi connectivity index (χ2n) is 6.67. The second-order valence-corrected chi connectivity index (χ2v) is 7.83. The van der Waals surface area contributed by atoms with Crippen molar-refractivity contribution in [3.63, 3.8) is 0 Å². The number of benzene rings is 2. The Bertz CT molecular complexity index is 1240. The number of carbonyl (C=O) groups is 2. The SMILES string of the molecule is COc1ccc(F)cc1/C(O)=C1\C(=O)C(=O)N(c2nnc(C)s2)[C@H]1c1cccc(F)c1. The number of carbonyl (C=O) groups excluding carboxylic acids is 2. The van der Waals surface area contributed by atoms with E-state index in [1.165, 1.54) is 31.4 Å². The Kier molecular flexibility index (Phi) is 5.24. The van der Waals surface area contributed by atoms with E-state index in [1.54, 1.807) is 6.92 Å². The lowest BCUT2D eigenvalue weighted by Gasteiger charge is -2.22. The maximum Gasteiger partial charge on any atom is 0.301 e. The van der Waals surface area contributed by atoms with Crippen molar-refractivity contribution >= 4 is 33.9 Å². The molecule has 2 heterocycles. The highest BCUT2D eigenvalue weighted by Gasteiger charge is 2.48. The molecule has 1 N–H and O–H groups in total. The van der Waals surface area contributed by atoms with Crippen molar-refractivity contribution in [2.24, 2.45) is 0 Å². The van der Waals surface area contributed by atoms with Crippen LogP contribution in [0.25, 0.3) is 5.76 Å². The zero-order valence-electron chi connectivity index (χ0n) is 16.3. The van der Waals surface area contributed by atoms with Crippen LogP contribution in [0.2, 0.25) is 0 Å². The predicted octanol–water partition coefficient (Wildman–Crippen LogP) is 3.76. The maximum absolute atomic E-state index is 14.0. The number of hydrogen-bond acceptors (Lipinski definition) is 7. The number of methoxy groups -OCH3 is 1. The molecule has 3 aromatic rings. The Morgan fingerprint density at radius 3 is 2.52 bits per heavy atom. The summed E-state index contributed by atoms with van der Waals surface area (Å²) < 4.78 is 33.1. The van der Waals surface area contributed by atoms with Gasteiger partial charge in [-0.15, -0.1) is 10.2 Å². The number of ketones is 1. The van der Waals surface area contributed by atoms with Crippen LogP contribution in [-0.4, -0.2) is 34.1 Å². The number of halogens is 2. The molecule has 2 aromatic carbocycles. The van der Waals surface area contributed by atoms with E-state index in [0.29, 0.717) is 5.01 Å². The predicted molar refractivity (Wildman–Crippen MR) is 109 cm³/mol. The molecule has 1 saturated heterocycles. The highest BCUT2D eigenvalue weighted by Crippen LogP contribution is 2.44. The second kappa shape index (κ2) is 7.88. The van der Waals surface area contributed by atoms with Gasteiger partial charge in [-0.05, 0) is 42.8 Å². The Morgan fingerprint density at radius 2 is 1.87 bits per heavy atom. The van der Waals surface area contributed by atoms with Crippen molar-refractivity contribution in [2.45, 2.75) is 13.0 Å². The van der Waals surface area contributed by atoms with Crippen molar-refractivity contribution < 1.29 is 28.2 Å². The van der Waals surface area contributed by atoms with Crippen molar-refractivity contribution in [1.29, 1.82) is 0 Å². The number of Topliss-reactive ketones (excluding diaryl/α,β-unsaturated/α-hetero) is 1. The molecule has 4 rings (SSSR count). The molecule has 0 saturated carbocycles. The number of hydrogen-bond donors (Lipinski definition) is 1. The molecule has 10 heteroatoms. The highest BCUT2D eigenvalue weighted by molar-refractivity contribution is 7.15. The minimum absolute atomic E-state index is 0.0925. The number of aliphatic hydroxyl groups is 1. The first-order valence-corrected chi connectivity index (χ1v) is 9.84. The number of aliphatic hydroxyl groups excluding tert-OH is 1. The van der Waals surface area contributed by atoms with E-state index in [1.807, 2.05) is 0 Å². The summed E-state index contributed by atoms with van der Waals surface area (Å²) in [5, 5.41) is 19.5. The van der Waals surface area contributed by atoms with Gasteiger partial charge in [0.2, 0.25) is 5.13 Å². The minimum Gasteiger partial charge on any atom is -0.507 e. The third kappa shape index (κ3) is 3.55. The van der Waals surface area contributed by atoms with Crippen molar-refractivity contribution in [3.8, 4) is 5.75 Å². The Balaban J connectivity index is 1.99. The number of ether oxygens (including phenoxy) is 1. The lowest BCUT2D eigenvalue weighted by atomic mass is 9.95. The number of anilines is 1. The van der Waals surface area contributed by atoms with E-state index < -0.39 is 35.1 Å². The maximum atomic E-state index is 14.0. The molecule has 7 nitrogen and oxygen atoms in total. The van der Waals surface area contributed by atoms with Gasteiger partial charge in [0.1, 0.15) is 28.2 Å². The molecule has 0 bridgehead atoms. The molecule has 0 spiro atoms. The summed E-state index contributed by atoms with van der Waals surface area (Å²) in [5.74, 6) is -3.82. The van der Waals surface area contributed by atoms with Crippen LogP contribution >= 0.6 is 11.3 Å². The Labute approximate surface area is 179 Å². The summed E-state index contributed by atoms with van der Waals surface area (Å²) in [5.41, 5.74) is -0.230. The average Bonchev–Trinajstić information content (AvgIpc) is 3.28. The lowest BCUT2D eigenvalue weighted by Crippen LogP contribution is -2.29. The summed E-state index contributed by atoms with van der Waals surface area (Å²) in [6.07, 6.45) is 0. The Morgan fingerprint density at radius 1 is 1.13 bits per heavy atom. The fraction of sp³-hybridized carbons (Fsp3) is 0.143. The van der Waals surface area contributed by atoms with Crippen molar-refractivity contribution in [1.82, 2.24) is 10.2 Å². The molecule has 0 radical (unpaired) electrons. The summed E-state index contributed by atoms with van der Waals surface area (Å²) in [4.78, 5) is 27.0. The molecule has 31 heavy (non-hydrogen) atoms. The van der Waals surface area contributed by atoms with Gasteiger partial charge in [-0.2, -0.15) is 0 Å². The molecule has 1 aliphatic heterocycles. The van der Waals surface area contributed by atoms with Crippen LogP contribution in [0.15, 0.2) is 48.0 Å². The van der Waals surface area contributed by atoms with Gasteiger partial charge in [-0.25, -0.2) is 8.78 Å². The van der Waals surface area contributed by atoms with Crippen LogP contribution in [0.3, 0.4) is 0 Å². The third-order valence-electron chi connectivity index (χ3n) is 4.75. The minimum atomic E-state index is -1.20. The van der Waals surface area contributed by atoms with Crippen LogP contribution in [-0.2, 0) is 9.59 Å². The standard InChI is InChI=1S/C21H15F2N3O4S/c1-10-24-25-21(31-10)26-17(11-4-3-5-12(22)8-11)16(19(28)20(26)29)18(27)14-9-13(23)6-7-15(14)30-2/h3-9,17,27H,1-2H3/b18-16+/t17-/m0/s1. The van der Waals surface area contributed by atoms with Crippen LogP contribution in [0.5, 0.6) is 5.75 Å². The largest absolute Gasteiger partial charge is 0.507 e. The quantitative estimate of drug-likeness (QED) is 0.375. The zero-order valence-corrected chi connectivity index (χ0v) is 17.1. The number of aromatic nitrogens is 2. The number of rotatable bonds is 4. The van der Waals surface area contributed by atoms with E-state index in [9.17, 15) is 23.5 Å². The molecule has 1 fully saturated rings. The first kappa shape index (κ1) is 20.6. The molecule has 1 atom stereocenters. The zero-order chi connectivity index (χ0) is 22.3. The smallest absolute Gasteiger partial charge is 0.301 e. The van der Waals surface area contributed by atoms with Gasteiger partial charge in [0.05, 0.1) is 24.3 Å². The Hall–Kier alpha value is -3.66. The third-order valence-corrected chi connectivity index (χ3v) is 5.58. The van der Waals surface area contributed by atoms with E-state index in [0.717, 1.165) is 34.4 Å². The van der Waals surface area contributed by atoms with E-state index in [4.69, 9.17) is 4.74 Å².